The van der Waals surface area contributed by atoms with Gasteiger partial charge in [0.15, 0.2) is 0 Å². The molecular formula is C12H7BrF2N2O. The largest absolute Gasteiger partial charge is 0.306 e. The van der Waals surface area contributed by atoms with Crippen molar-refractivity contribution in [2.24, 2.45) is 0 Å². The van der Waals surface area contributed by atoms with Crippen LogP contribution in [-0.4, -0.2) is 10.9 Å². The number of anilines is 1. The van der Waals surface area contributed by atoms with Crippen LogP contribution in [0.15, 0.2) is 41.0 Å². The van der Waals surface area contributed by atoms with Crippen LogP contribution in [0.1, 0.15) is 10.4 Å². The smallest absolute Gasteiger partial charge is 0.259 e. The van der Waals surface area contributed by atoms with Crippen molar-refractivity contribution in [3.63, 3.8) is 0 Å². The summed E-state index contributed by atoms with van der Waals surface area (Å²) in [5.41, 5.74) is -0.107. The van der Waals surface area contributed by atoms with Crippen LogP contribution in [0.5, 0.6) is 0 Å². The Morgan fingerprint density at radius 3 is 2.61 bits per heavy atom. The summed E-state index contributed by atoms with van der Waals surface area (Å²) < 4.78 is 26.7. The van der Waals surface area contributed by atoms with E-state index in [9.17, 15) is 13.6 Å². The number of benzene rings is 1. The van der Waals surface area contributed by atoms with Gasteiger partial charge in [-0.15, -0.1) is 0 Å². The van der Waals surface area contributed by atoms with Gasteiger partial charge in [-0.2, -0.15) is 0 Å². The molecule has 1 heterocycles. The molecule has 0 fully saturated rings. The molecule has 1 aromatic carbocycles. The van der Waals surface area contributed by atoms with E-state index in [4.69, 9.17) is 0 Å². The van der Waals surface area contributed by atoms with E-state index in [0.717, 1.165) is 12.3 Å². The second kappa shape index (κ2) is 5.22. The Morgan fingerprint density at radius 2 is 2.00 bits per heavy atom. The zero-order valence-electron chi connectivity index (χ0n) is 8.95. The van der Waals surface area contributed by atoms with Crippen molar-refractivity contribution in [2.75, 3.05) is 5.32 Å². The van der Waals surface area contributed by atoms with Crippen LogP contribution < -0.4 is 5.32 Å². The quantitative estimate of drug-likeness (QED) is 0.923. The van der Waals surface area contributed by atoms with Gasteiger partial charge < -0.3 is 5.32 Å². The Morgan fingerprint density at radius 1 is 1.22 bits per heavy atom. The Labute approximate surface area is 110 Å². The van der Waals surface area contributed by atoms with Gasteiger partial charge in [0.05, 0.1) is 11.8 Å². The normalized spacial score (nSPS) is 10.2. The van der Waals surface area contributed by atoms with E-state index < -0.39 is 17.5 Å². The number of nitrogens with zero attached hydrogens (tertiary/aromatic N) is 1. The monoisotopic (exact) mass is 312 g/mol. The van der Waals surface area contributed by atoms with Crippen molar-refractivity contribution in [1.82, 2.24) is 4.98 Å². The topological polar surface area (TPSA) is 42.0 Å². The van der Waals surface area contributed by atoms with Crippen molar-refractivity contribution in [2.45, 2.75) is 0 Å². The van der Waals surface area contributed by atoms with Crippen molar-refractivity contribution in [3.8, 4) is 0 Å². The maximum absolute atomic E-state index is 13.5. The van der Waals surface area contributed by atoms with E-state index >= 15 is 0 Å². The molecule has 6 heteroatoms. The molecule has 1 amide bonds. The predicted molar refractivity (Wildman–Crippen MR) is 66.2 cm³/mol. The molecule has 0 atom stereocenters. The van der Waals surface area contributed by atoms with Crippen molar-refractivity contribution >= 4 is 27.7 Å². The molecule has 0 radical (unpaired) electrons. The zero-order valence-corrected chi connectivity index (χ0v) is 10.5. The number of hydrogen-bond acceptors (Lipinski definition) is 2. The van der Waals surface area contributed by atoms with Crippen LogP contribution in [0.4, 0.5) is 14.6 Å². The first-order valence-electron chi connectivity index (χ1n) is 4.94. The number of hydrogen-bond donors (Lipinski definition) is 1. The van der Waals surface area contributed by atoms with Gasteiger partial charge in [0.2, 0.25) is 0 Å². The molecule has 0 aliphatic heterocycles. The Hall–Kier alpha value is -1.82. The Balaban J connectivity index is 2.19. The summed E-state index contributed by atoms with van der Waals surface area (Å²) in [7, 11) is 0. The van der Waals surface area contributed by atoms with Gasteiger partial charge >= 0.3 is 0 Å². The first-order valence-corrected chi connectivity index (χ1v) is 5.73. The summed E-state index contributed by atoms with van der Waals surface area (Å²) in [6.45, 7) is 0. The lowest BCUT2D eigenvalue weighted by Crippen LogP contribution is -2.14. The third-order valence-electron chi connectivity index (χ3n) is 2.14. The van der Waals surface area contributed by atoms with E-state index in [-0.39, 0.29) is 11.4 Å². The predicted octanol–water partition coefficient (Wildman–Crippen LogP) is 3.37. The lowest BCUT2D eigenvalue weighted by molar-refractivity contribution is 0.102. The third-order valence-corrected chi connectivity index (χ3v) is 2.64. The molecule has 92 valence electrons. The second-order valence-electron chi connectivity index (χ2n) is 3.44. The van der Waals surface area contributed by atoms with E-state index in [1.54, 1.807) is 6.07 Å². The Bertz CT molecular complexity index is 587. The molecule has 18 heavy (non-hydrogen) atoms. The molecule has 0 aliphatic carbocycles. The standard InChI is InChI=1S/C12H7BrF2N2O/c13-7-1-3-9(10(15)5-7)12(18)17-11-4-2-8(14)6-16-11/h1-6H,(H,16,17,18). The second-order valence-corrected chi connectivity index (χ2v) is 4.36. The minimum Gasteiger partial charge on any atom is -0.306 e. The van der Waals surface area contributed by atoms with Crippen LogP contribution in [-0.2, 0) is 0 Å². The molecule has 0 aliphatic rings. The highest BCUT2D eigenvalue weighted by molar-refractivity contribution is 9.10. The maximum Gasteiger partial charge on any atom is 0.259 e. The molecule has 0 spiro atoms. The summed E-state index contributed by atoms with van der Waals surface area (Å²) >= 11 is 3.09. The van der Waals surface area contributed by atoms with Gasteiger partial charge in [0.25, 0.3) is 5.91 Å². The van der Waals surface area contributed by atoms with Crippen molar-refractivity contribution in [3.05, 3.63) is 58.2 Å². The molecular weight excluding hydrogens is 306 g/mol. The summed E-state index contributed by atoms with van der Waals surface area (Å²) in [6, 6.07) is 6.53. The molecule has 1 aromatic heterocycles. The highest BCUT2D eigenvalue weighted by Gasteiger charge is 2.12. The molecule has 2 aromatic rings. The molecule has 0 saturated heterocycles. The molecule has 0 bridgehead atoms. The first kappa shape index (κ1) is 12.6. The van der Waals surface area contributed by atoms with Gasteiger partial charge in [0.1, 0.15) is 17.5 Å². The van der Waals surface area contributed by atoms with E-state index in [0.29, 0.717) is 4.47 Å². The third kappa shape index (κ3) is 2.89. The summed E-state index contributed by atoms with van der Waals surface area (Å²) in [4.78, 5) is 15.4. The van der Waals surface area contributed by atoms with E-state index in [1.165, 1.54) is 18.2 Å². The van der Waals surface area contributed by atoms with Crippen LogP contribution in [0.2, 0.25) is 0 Å². The van der Waals surface area contributed by atoms with E-state index in [2.05, 4.69) is 26.2 Å². The van der Waals surface area contributed by atoms with E-state index in [1.807, 2.05) is 0 Å². The van der Waals surface area contributed by atoms with Gasteiger partial charge in [-0.1, -0.05) is 15.9 Å². The SMILES string of the molecule is O=C(Nc1ccc(F)cn1)c1ccc(Br)cc1F. The van der Waals surface area contributed by atoms with Crippen molar-refractivity contribution < 1.29 is 13.6 Å². The highest BCUT2D eigenvalue weighted by atomic mass is 79.9. The number of carbonyl (C=O) groups is 1. The molecule has 2 rings (SSSR count). The Kier molecular flexibility index (Phi) is 3.66. The minimum atomic E-state index is -0.649. The lowest BCUT2D eigenvalue weighted by Gasteiger charge is -2.05. The van der Waals surface area contributed by atoms with Crippen LogP contribution in [0.25, 0.3) is 0 Å². The number of carbonyl (C=O) groups excluding carboxylic acids is 1. The number of halogens is 3. The fraction of sp³-hybridized carbons (Fsp3) is 0. The zero-order chi connectivity index (χ0) is 13.1. The number of pyridine rings is 1. The summed E-state index contributed by atoms with van der Waals surface area (Å²) in [5, 5.41) is 2.37. The van der Waals surface area contributed by atoms with Crippen LogP contribution in [0.3, 0.4) is 0 Å². The number of aromatic nitrogens is 1. The number of nitrogens with one attached hydrogen (secondary N) is 1. The van der Waals surface area contributed by atoms with Gasteiger partial charge in [-0.05, 0) is 30.3 Å². The molecule has 0 unspecified atom stereocenters. The fourth-order valence-electron chi connectivity index (χ4n) is 1.31. The average molecular weight is 313 g/mol. The summed E-state index contributed by atoms with van der Waals surface area (Å²) in [6.07, 6.45) is 0.966. The first-order chi connectivity index (χ1) is 8.56. The van der Waals surface area contributed by atoms with Crippen LogP contribution in [0, 0.1) is 11.6 Å². The minimum absolute atomic E-state index is 0.107. The molecule has 3 nitrogen and oxygen atoms in total. The summed E-state index contributed by atoms with van der Waals surface area (Å²) in [5.74, 6) is -1.64. The maximum atomic E-state index is 13.5. The lowest BCUT2D eigenvalue weighted by atomic mass is 10.2. The highest BCUT2D eigenvalue weighted by Crippen LogP contribution is 2.16. The average Bonchev–Trinajstić information content (AvgIpc) is 2.32. The van der Waals surface area contributed by atoms with Crippen LogP contribution >= 0.6 is 15.9 Å². The van der Waals surface area contributed by atoms with Gasteiger partial charge in [-0.3, -0.25) is 4.79 Å². The van der Waals surface area contributed by atoms with Crippen molar-refractivity contribution in [1.29, 1.82) is 0 Å². The fourth-order valence-corrected chi connectivity index (χ4v) is 1.64. The number of amides is 1. The van der Waals surface area contributed by atoms with Gasteiger partial charge in [0, 0.05) is 4.47 Å². The number of rotatable bonds is 2. The molecule has 1 N–H and O–H groups in total. The molecule has 0 saturated carbocycles. The van der Waals surface area contributed by atoms with Gasteiger partial charge in [-0.25, -0.2) is 13.8 Å².